The summed E-state index contributed by atoms with van der Waals surface area (Å²) >= 11 is 0. The zero-order valence-electron chi connectivity index (χ0n) is 11.5. The molecule has 0 saturated carbocycles. The molecule has 0 radical (unpaired) electrons. The lowest BCUT2D eigenvalue weighted by molar-refractivity contribution is -0.139. The summed E-state index contributed by atoms with van der Waals surface area (Å²) in [7, 11) is 0. The third-order valence-corrected chi connectivity index (χ3v) is 3.48. The SMILES string of the molecule is CC(c1ccncc1)N1CCC(=O)NC(C)(C)C1=O. The van der Waals surface area contributed by atoms with Crippen LogP contribution in [0.15, 0.2) is 24.5 Å². The molecule has 5 nitrogen and oxygen atoms in total. The van der Waals surface area contributed by atoms with Crippen LogP contribution in [-0.2, 0) is 9.59 Å². The van der Waals surface area contributed by atoms with Crippen LogP contribution in [0.5, 0.6) is 0 Å². The van der Waals surface area contributed by atoms with Gasteiger partial charge in [-0.1, -0.05) is 0 Å². The molecule has 2 rings (SSSR count). The van der Waals surface area contributed by atoms with Gasteiger partial charge in [-0.2, -0.15) is 0 Å². The van der Waals surface area contributed by atoms with Crippen LogP contribution in [0.25, 0.3) is 0 Å². The average Bonchev–Trinajstić information content (AvgIpc) is 2.47. The maximum absolute atomic E-state index is 12.5. The van der Waals surface area contributed by atoms with E-state index >= 15 is 0 Å². The molecular weight excluding hydrogens is 242 g/mol. The first-order valence-electron chi connectivity index (χ1n) is 6.44. The minimum absolute atomic E-state index is 0.0531. The Morgan fingerprint density at radius 2 is 1.95 bits per heavy atom. The number of hydrogen-bond donors (Lipinski definition) is 1. The average molecular weight is 261 g/mol. The summed E-state index contributed by atoms with van der Waals surface area (Å²) in [5.41, 5.74) is 0.169. The van der Waals surface area contributed by atoms with Crippen LogP contribution in [0.4, 0.5) is 0 Å². The second-order valence-corrected chi connectivity index (χ2v) is 5.38. The number of carbonyl (C=O) groups is 2. The van der Waals surface area contributed by atoms with E-state index in [1.165, 1.54) is 0 Å². The highest BCUT2D eigenvalue weighted by Crippen LogP contribution is 2.24. The summed E-state index contributed by atoms with van der Waals surface area (Å²) in [6.07, 6.45) is 3.76. The molecular formula is C14H19N3O2. The Morgan fingerprint density at radius 3 is 2.58 bits per heavy atom. The van der Waals surface area contributed by atoms with Crippen LogP contribution in [0, 0.1) is 0 Å². The number of nitrogens with one attached hydrogen (secondary N) is 1. The van der Waals surface area contributed by atoms with Crippen LogP contribution in [-0.4, -0.2) is 33.8 Å². The van der Waals surface area contributed by atoms with Gasteiger partial charge in [0.1, 0.15) is 5.54 Å². The topological polar surface area (TPSA) is 62.3 Å². The molecule has 1 aromatic rings. The predicted octanol–water partition coefficient (Wildman–Crippen LogP) is 1.27. The van der Waals surface area contributed by atoms with Crippen molar-refractivity contribution in [3.8, 4) is 0 Å². The lowest BCUT2D eigenvalue weighted by Crippen LogP contribution is -2.53. The number of carbonyl (C=O) groups excluding carboxylic acids is 2. The number of nitrogens with zero attached hydrogens (tertiary/aromatic N) is 2. The van der Waals surface area contributed by atoms with E-state index < -0.39 is 5.54 Å². The van der Waals surface area contributed by atoms with Crippen molar-refractivity contribution in [2.24, 2.45) is 0 Å². The summed E-state index contributed by atoms with van der Waals surface area (Å²) in [5, 5.41) is 2.76. The van der Waals surface area contributed by atoms with E-state index in [9.17, 15) is 9.59 Å². The summed E-state index contributed by atoms with van der Waals surface area (Å²) < 4.78 is 0. The molecule has 102 valence electrons. The van der Waals surface area contributed by atoms with Crippen molar-refractivity contribution >= 4 is 11.8 Å². The first-order chi connectivity index (χ1) is 8.92. The molecule has 1 fully saturated rings. The molecule has 0 spiro atoms. The zero-order chi connectivity index (χ0) is 14.0. The Morgan fingerprint density at radius 1 is 1.32 bits per heavy atom. The lowest BCUT2D eigenvalue weighted by atomic mass is 10.0. The van der Waals surface area contributed by atoms with Crippen LogP contribution in [0.1, 0.15) is 38.8 Å². The first-order valence-corrected chi connectivity index (χ1v) is 6.44. The second-order valence-electron chi connectivity index (χ2n) is 5.38. The Kier molecular flexibility index (Phi) is 3.55. The Bertz CT molecular complexity index is 485. The number of amides is 2. The summed E-state index contributed by atoms with van der Waals surface area (Å²) in [6.45, 7) is 5.90. The zero-order valence-corrected chi connectivity index (χ0v) is 11.5. The Hall–Kier alpha value is -1.91. The van der Waals surface area contributed by atoms with Gasteiger partial charge >= 0.3 is 0 Å². The monoisotopic (exact) mass is 261 g/mol. The maximum Gasteiger partial charge on any atom is 0.248 e. The lowest BCUT2D eigenvalue weighted by Gasteiger charge is -2.33. The summed E-state index contributed by atoms with van der Waals surface area (Å²) in [6, 6.07) is 3.72. The van der Waals surface area contributed by atoms with Crippen LogP contribution < -0.4 is 5.32 Å². The third-order valence-electron chi connectivity index (χ3n) is 3.48. The fraction of sp³-hybridized carbons (Fsp3) is 0.500. The van der Waals surface area contributed by atoms with Gasteiger partial charge in [0.2, 0.25) is 11.8 Å². The fourth-order valence-electron chi connectivity index (χ4n) is 2.34. The minimum Gasteiger partial charge on any atom is -0.342 e. The molecule has 0 bridgehead atoms. The molecule has 1 aliphatic heterocycles. The van der Waals surface area contributed by atoms with Gasteiger partial charge < -0.3 is 10.2 Å². The molecule has 19 heavy (non-hydrogen) atoms. The van der Waals surface area contributed by atoms with E-state index in [0.29, 0.717) is 13.0 Å². The Balaban J connectivity index is 2.28. The van der Waals surface area contributed by atoms with E-state index in [4.69, 9.17) is 0 Å². The Labute approximate surface area is 113 Å². The van der Waals surface area contributed by atoms with Crippen molar-refractivity contribution in [2.45, 2.75) is 38.8 Å². The fourth-order valence-corrected chi connectivity index (χ4v) is 2.34. The van der Waals surface area contributed by atoms with Crippen molar-refractivity contribution in [3.05, 3.63) is 30.1 Å². The van der Waals surface area contributed by atoms with E-state index in [-0.39, 0.29) is 17.9 Å². The van der Waals surface area contributed by atoms with Gasteiger partial charge in [0.15, 0.2) is 0 Å². The van der Waals surface area contributed by atoms with E-state index in [2.05, 4.69) is 10.3 Å². The predicted molar refractivity (Wildman–Crippen MR) is 71.2 cm³/mol. The van der Waals surface area contributed by atoms with Gasteiger partial charge in [0.05, 0.1) is 6.04 Å². The van der Waals surface area contributed by atoms with Crippen LogP contribution >= 0.6 is 0 Å². The number of aromatic nitrogens is 1. The molecule has 1 saturated heterocycles. The molecule has 2 amide bonds. The van der Waals surface area contributed by atoms with Gasteiger partial charge in [-0.05, 0) is 38.5 Å². The number of rotatable bonds is 2. The highest BCUT2D eigenvalue weighted by Gasteiger charge is 2.38. The van der Waals surface area contributed by atoms with Gasteiger partial charge in [0, 0.05) is 25.4 Å². The smallest absolute Gasteiger partial charge is 0.248 e. The summed E-state index contributed by atoms with van der Waals surface area (Å²) in [4.78, 5) is 29.9. The quantitative estimate of drug-likeness (QED) is 0.872. The van der Waals surface area contributed by atoms with E-state index in [1.807, 2.05) is 19.1 Å². The van der Waals surface area contributed by atoms with Crippen molar-refractivity contribution in [1.82, 2.24) is 15.2 Å². The van der Waals surface area contributed by atoms with E-state index in [1.54, 1.807) is 31.1 Å². The third kappa shape index (κ3) is 2.75. The normalized spacial score (nSPS) is 20.7. The molecule has 1 N–H and O–H groups in total. The molecule has 1 unspecified atom stereocenters. The standard InChI is InChI=1S/C14H19N3O2/c1-10(11-4-7-15-8-5-11)17-9-6-12(18)16-14(2,3)13(17)19/h4-5,7-8,10H,6,9H2,1-3H3,(H,16,18). The highest BCUT2D eigenvalue weighted by atomic mass is 16.2. The van der Waals surface area contributed by atoms with Gasteiger partial charge in [-0.15, -0.1) is 0 Å². The van der Waals surface area contributed by atoms with Crippen molar-refractivity contribution in [3.63, 3.8) is 0 Å². The summed E-state index contributed by atoms with van der Waals surface area (Å²) in [5.74, 6) is -0.134. The van der Waals surface area contributed by atoms with Crippen molar-refractivity contribution in [2.75, 3.05) is 6.54 Å². The molecule has 0 aromatic carbocycles. The van der Waals surface area contributed by atoms with Gasteiger partial charge in [0.25, 0.3) is 0 Å². The van der Waals surface area contributed by atoms with Gasteiger partial charge in [-0.25, -0.2) is 0 Å². The largest absolute Gasteiger partial charge is 0.342 e. The van der Waals surface area contributed by atoms with Crippen LogP contribution in [0.3, 0.4) is 0 Å². The maximum atomic E-state index is 12.5. The molecule has 0 aliphatic carbocycles. The van der Waals surface area contributed by atoms with Crippen LogP contribution in [0.2, 0.25) is 0 Å². The molecule has 5 heteroatoms. The highest BCUT2D eigenvalue weighted by molar-refractivity contribution is 5.93. The van der Waals surface area contributed by atoms with Crippen molar-refractivity contribution in [1.29, 1.82) is 0 Å². The molecule has 1 aromatic heterocycles. The first kappa shape index (κ1) is 13.5. The minimum atomic E-state index is -0.852. The number of hydrogen-bond acceptors (Lipinski definition) is 3. The van der Waals surface area contributed by atoms with Crippen molar-refractivity contribution < 1.29 is 9.59 Å². The molecule has 2 heterocycles. The number of pyridine rings is 1. The van der Waals surface area contributed by atoms with E-state index in [0.717, 1.165) is 5.56 Å². The second kappa shape index (κ2) is 4.99. The molecule has 1 aliphatic rings. The molecule has 1 atom stereocenters. The van der Waals surface area contributed by atoms with Gasteiger partial charge in [-0.3, -0.25) is 14.6 Å².